The normalized spacial score (nSPS) is 19.2. The number of aromatic nitrogens is 2. The Labute approximate surface area is 126 Å². The van der Waals surface area contributed by atoms with Gasteiger partial charge in [0.05, 0.1) is 23.9 Å². The molecule has 0 aromatic carbocycles. The van der Waals surface area contributed by atoms with E-state index in [2.05, 4.69) is 17.3 Å². The molecule has 0 radical (unpaired) electrons. The lowest BCUT2D eigenvalue weighted by molar-refractivity contribution is 0.0679. The first-order valence-corrected chi connectivity index (χ1v) is 8.05. The lowest BCUT2D eigenvalue weighted by Gasteiger charge is -2.39. The average molecular weight is 293 g/mol. The summed E-state index contributed by atoms with van der Waals surface area (Å²) in [7, 11) is 0. The molecule has 0 saturated heterocycles. The number of hydrogen-bond acceptors (Lipinski definition) is 3. The van der Waals surface area contributed by atoms with E-state index in [0.717, 1.165) is 25.8 Å². The fourth-order valence-electron chi connectivity index (χ4n) is 3.17. The minimum atomic E-state index is -0.537. The highest BCUT2D eigenvalue weighted by Gasteiger charge is 2.36. The summed E-state index contributed by atoms with van der Waals surface area (Å²) in [6.07, 6.45) is 10.1. The number of aliphatic hydroxyl groups excluding tert-OH is 1. The van der Waals surface area contributed by atoms with Gasteiger partial charge in [0.15, 0.2) is 0 Å². The van der Waals surface area contributed by atoms with E-state index in [0.29, 0.717) is 11.5 Å². The van der Waals surface area contributed by atoms with Crippen LogP contribution >= 0.6 is 0 Å². The van der Waals surface area contributed by atoms with E-state index in [1.54, 1.807) is 17.1 Å². The molecular weight excluding hydrogens is 266 g/mol. The molecule has 5 heteroatoms. The number of nitrogens with zero attached hydrogens (tertiary/aromatic N) is 2. The number of hydrogen-bond donors (Lipinski definition) is 2. The second-order valence-corrected chi connectivity index (χ2v) is 6.36. The van der Waals surface area contributed by atoms with Crippen LogP contribution in [0.15, 0.2) is 12.4 Å². The summed E-state index contributed by atoms with van der Waals surface area (Å²) in [6, 6.07) is 0. The summed E-state index contributed by atoms with van der Waals surface area (Å²) in [6.45, 7) is 4.82. The van der Waals surface area contributed by atoms with Gasteiger partial charge in [0.25, 0.3) is 5.91 Å². The zero-order valence-corrected chi connectivity index (χ0v) is 13.1. The fraction of sp³-hybridized carbons (Fsp3) is 0.750. The first-order chi connectivity index (χ1) is 10.1. The molecule has 2 rings (SSSR count). The summed E-state index contributed by atoms with van der Waals surface area (Å²) < 4.78 is 1.78. The van der Waals surface area contributed by atoms with Crippen molar-refractivity contribution in [1.29, 1.82) is 0 Å². The van der Waals surface area contributed by atoms with Crippen molar-refractivity contribution in [2.24, 2.45) is 5.92 Å². The standard InChI is InChI=1S/C16H27N3O2/c1-3-9-19-11-13(10-17-19)15(21)18-16(2,12-20)14-7-5-4-6-8-14/h10-11,14,20H,3-9,12H2,1-2H3,(H,18,21)/t16-/m0/s1. The maximum atomic E-state index is 12.4. The summed E-state index contributed by atoms with van der Waals surface area (Å²) in [5.74, 6) is 0.213. The molecule has 2 N–H and O–H groups in total. The molecule has 1 aliphatic carbocycles. The number of carbonyl (C=O) groups excluding carboxylic acids is 1. The SMILES string of the molecule is CCCn1cc(C(=O)N[C@@](C)(CO)C2CCCCC2)cn1. The Morgan fingerprint density at radius 2 is 2.19 bits per heavy atom. The molecule has 1 aromatic heterocycles. The Morgan fingerprint density at radius 3 is 2.81 bits per heavy atom. The van der Waals surface area contributed by atoms with Crippen LogP contribution < -0.4 is 5.32 Å². The molecule has 118 valence electrons. The third kappa shape index (κ3) is 3.84. The van der Waals surface area contributed by atoms with Crippen molar-refractivity contribution in [3.05, 3.63) is 18.0 Å². The number of aryl methyl sites for hydroxylation is 1. The van der Waals surface area contributed by atoms with Crippen LogP contribution in [-0.4, -0.2) is 32.9 Å². The van der Waals surface area contributed by atoms with Crippen molar-refractivity contribution in [2.75, 3.05) is 6.61 Å². The summed E-state index contributed by atoms with van der Waals surface area (Å²) in [5.41, 5.74) is 0.0311. The second-order valence-electron chi connectivity index (χ2n) is 6.36. The van der Waals surface area contributed by atoms with Crippen LogP contribution in [0.1, 0.15) is 62.7 Å². The molecular formula is C16H27N3O2. The molecule has 1 atom stereocenters. The van der Waals surface area contributed by atoms with Crippen LogP contribution in [0.4, 0.5) is 0 Å². The molecule has 1 heterocycles. The molecule has 0 aliphatic heterocycles. The molecule has 5 nitrogen and oxygen atoms in total. The number of carbonyl (C=O) groups is 1. The van der Waals surface area contributed by atoms with Gasteiger partial charge in [0, 0.05) is 12.7 Å². The van der Waals surface area contributed by atoms with E-state index in [-0.39, 0.29) is 12.5 Å². The Morgan fingerprint density at radius 1 is 1.48 bits per heavy atom. The molecule has 1 fully saturated rings. The summed E-state index contributed by atoms with van der Waals surface area (Å²) >= 11 is 0. The van der Waals surface area contributed by atoms with Crippen molar-refractivity contribution in [2.45, 2.75) is 64.5 Å². The minimum Gasteiger partial charge on any atom is -0.394 e. The van der Waals surface area contributed by atoms with Gasteiger partial charge >= 0.3 is 0 Å². The van der Waals surface area contributed by atoms with Gasteiger partial charge in [-0.25, -0.2) is 0 Å². The molecule has 0 unspecified atom stereocenters. The van der Waals surface area contributed by atoms with E-state index < -0.39 is 5.54 Å². The fourth-order valence-corrected chi connectivity index (χ4v) is 3.17. The van der Waals surface area contributed by atoms with Crippen LogP contribution in [0.2, 0.25) is 0 Å². The van der Waals surface area contributed by atoms with Gasteiger partial charge in [-0.05, 0) is 32.1 Å². The van der Waals surface area contributed by atoms with Crippen molar-refractivity contribution in [3.63, 3.8) is 0 Å². The largest absolute Gasteiger partial charge is 0.394 e. The van der Waals surface area contributed by atoms with Gasteiger partial charge in [-0.2, -0.15) is 5.10 Å². The molecule has 1 amide bonds. The van der Waals surface area contributed by atoms with Gasteiger partial charge < -0.3 is 10.4 Å². The monoisotopic (exact) mass is 293 g/mol. The predicted molar refractivity (Wildman–Crippen MR) is 82.1 cm³/mol. The molecule has 0 spiro atoms. The Bertz CT molecular complexity index is 466. The molecule has 1 aromatic rings. The third-order valence-electron chi connectivity index (χ3n) is 4.58. The van der Waals surface area contributed by atoms with Gasteiger partial charge in [-0.15, -0.1) is 0 Å². The van der Waals surface area contributed by atoms with Crippen LogP contribution in [0.5, 0.6) is 0 Å². The first kappa shape index (κ1) is 16.0. The Hall–Kier alpha value is -1.36. The Balaban J connectivity index is 2.03. The zero-order valence-electron chi connectivity index (χ0n) is 13.1. The smallest absolute Gasteiger partial charge is 0.254 e. The van der Waals surface area contributed by atoms with E-state index in [9.17, 15) is 9.90 Å². The molecule has 0 bridgehead atoms. The van der Waals surface area contributed by atoms with E-state index in [1.165, 1.54) is 19.3 Å². The first-order valence-electron chi connectivity index (χ1n) is 8.05. The highest BCUT2D eigenvalue weighted by atomic mass is 16.3. The number of nitrogens with one attached hydrogen (secondary N) is 1. The van der Waals surface area contributed by atoms with Crippen LogP contribution in [0, 0.1) is 5.92 Å². The van der Waals surface area contributed by atoms with E-state index in [4.69, 9.17) is 0 Å². The van der Waals surface area contributed by atoms with Crippen molar-refractivity contribution >= 4 is 5.91 Å². The highest BCUT2D eigenvalue weighted by molar-refractivity contribution is 5.94. The average Bonchev–Trinajstić information content (AvgIpc) is 2.97. The quantitative estimate of drug-likeness (QED) is 0.846. The van der Waals surface area contributed by atoms with Crippen molar-refractivity contribution in [1.82, 2.24) is 15.1 Å². The minimum absolute atomic E-state index is 0.0213. The summed E-state index contributed by atoms with van der Waals surface area (Å²) in [5, 5.41) is 17.0. The van der Waals surface area contributed by atoms with Gasteiger partial charge in [0.1, 0.15) is 0 Å². The van der Waals surface area contributed by atoms with Crippen LogP contribution in [0.25, 0.3) is 0 Å². The molecule has 21 heavy (non-hydrogen) atoms. The molecule has 1 saturated carbocycles. The predicted octanol–water partition coefficient (Wildman–Crippen LogP) is 2.35. The topological polar surface area (TPSA) is 67.2 Å². The lowest BCUT2D eigenvalue weighted by atomic mass is 9.76. The van der Waals surface area contributed by atoms with Gasteiger partial charge in [0.2, 0.25) is 0 Å². The maximum absolute atomic E-state index is 12.4. The van der Waals surface area contributed by atoms with Crippen molar-refractivity contribution in [3.8, 4) is 0 Å². The second kappa shape index (κ2) is 7.07. The third-order valence-corrected chi connectivity index (χ3v) is 4.58. The van der Waals surface area contributed by atoms with Gasteiger partial charge in [-0.1, -0.05) is 26.2 Å². The summed E-state index contributed by atoms with van der Waals surface area (Å²) in [4.78, 5) is 12.4. The maximum Gasteiger partial charge on any atom is 0.254 e. The van der Waals surface area contributed by atoms with E-state index >= 15 is 0 Å². The Kier molecular flexibility index (Phi) is 5.39. The van der Waals surface area contributed by atoms with Crippen molar-refractivity contribution < 1.29 is 9.90 Å². The number of amides is 1. The molecule has 1 aliphatic rings. The lowest BCUT2D eigenvalue weighted by Crippen LogP contribution is -2.54. The van der Waals surface area contributed by atoms with Gasteiger partial charge in [-0.3, -0.25) is 9.48 Å². The number of rotatable bonds is 6. The highest BCUT2D eigenvalue weighted by Crippen LogP contribution is 2.32. The van der Waals surface area contributed by atoms with E-state index in [1.807, 2.05) is 6.92 Å². The van der Waals surface area contributed by atoms with Crippen LogP contribution in [0.3, 0.4) is 0 Å². The zero-order chi connectivity index (χ0) is 15.3. The van der Waals surface area contributed by atoms with Crippen LogP contribution in [-0.2, 0) is 6.54 Å². The number of aliphatic hydroxyl groups is 1.